The van der Waals surface area contributed by atoms with Gasteiger partial charge in [-0.3, -0.25) is 9.59 Å². The third-order valence-corrected chi connectivity index (χ3v) is 5.51. The van der Waals surface area contributed by atoms with Crippen molar-refractivity contribution in [1.82, 2.24) is 10.2 Å². The van der Waals surface area contributed by atoms with Gasteiger partial charge in [0.15, 0.2) is 0 Å². The molecule has 2 atom stereocenters. The third kappa shape index (κ3) is 3.52. The zero-order chi connectivity index (χ0) is 18.6. The molecular formula is C20H26N2O4. The summed E-state index contributed by atoms with van der Waals surface area (Å²) in [6, 6.07) is 9.66. The molecule has 2 heterocycles. The summed E-state index contributed by atoms with van der Waals surface area (Å²) in [6.45, 7) is 5.55. The average molecular weight is 358 g/mol. The van der Waals surface area contributed by atoms with Gasteiger partial charge in [0.25, 0.3) is 0 Å². The van der Waals surface area contributed by atoms with Crippen molar-refractivity contribution in [3.8, 4) is 0 Å². The van der Waals surface area contributed by atoms with Crippen molar-refractivity contribution in [2.75, 3.05) is 33.4 Å². The highest BCUT2D eigenvalue weighted by molar-refractivity contribution is 5.90. The van der Waals surface area contributed by atoms with Crippen molar-refractivity contribution >= 4 is 11.8 Å². The third-order valence-electron chi connectivity index (χ3n) is 5.51. The highest BCUT2D eigenvalue weighted by Gasteiger charge is 2.45. The number of rotatable bonds is 5. The van der Waals surface area contributed by atoms with E-state index in [0.717, 1.165) is 5.56 Å². The molecule has 0 bridgehead atoms. The van der Waals surface area contributed by atoms with Gasteiger partial charge in [-0.1, -0.05) is 36.9 Å². The standard InChI is InChI=1S/C20H26N2O4/c1-3-18(23)22-11-9-20(10-12-22,15-7-5-4-6-8-15)19(24)21-16-13-26-14-17(16)25-2/h3-8,16-17H,1,9-14H2,2H3,(H,21,24)/t16-,17-/m1/s1. The molecule has 6 nitrogen and oxygen atoms in total. The minimum Gasteiger partial charge on any atom is -0.377 e. The lowest BCUT2D eigenvalue weighted by atomic mass is 9.71. The number of nitrogens with one attached hydrogen (secondary N) is 1. The normalized spacial score (nSPS) is 24.9. The molecular weight excluding hydrogens is 332 g/mol. The van der Waals surface area contributed by atoms with Gasteiger partial charge in [-0.15, -0.1) is 0 Å². The minimum absolute atomic E-state index is 0.0213. The molecule has 0 radical (unpaired) electrons. The minimum atomic E-state index is -0.653. The topological polar surface area (TPSA) is 67.9 Å². The summed E-state index contributed by atoms with van der Waals surface area (Å²) in [7, 11) is 1.63. The number of amides is 2. The predicted molar refractivity (Wildman–Crippen MR) is 97.7 cm³/mol. The van der Waals surface area contributed by atoms with Crippen molar-refractivity contribution < 1.29 is 19.1 Å². The number of ether oxygens (including phenoxy) is 2. The molecule has 6 heteroatoms. The maximum absolute atomic E-state index is 13.3. The molecule has 3 rings (SSSR count). The first-order valence-corrected chi connectivity index (χ1v) is 8.99. The summed E-state index contributed by atoms with van der Waals surface area (Å²) in [5.41, 5.74) is 0.330. The Kier molecular flexibility index (Phi) is 5.74. The Morgan fingerprint density at radius 1 is 1.27 bits per heavy atom. The van der Waals surface area contributed by atoms with Crippen LogP contribution >= 0.6 is 0 Å². The van der Waals surface area contributed by atoms with E-state index in [-0.39, 0.29) is 24.0 Å². The van der Waals surface area contributed by atoms with Gasteiger partial charge >= 0.3 is 0 Å². The summed E-state index contributed by atoms with van der Waals surface area (Å²) in [5, 5.41) is 3.13. The van der Waals surface area contributed by atoms with Crippen molar-refractivity contribution in [3.63, 3.8) is 0 Å². The molecule has 0 aliphatic carbocycles. The van der Waals surface area contributed by atoms with E-state index >= 15 is 0 Å². The van der Waals surface area contributed by atoms with E-state index in [1.165, 1.54) is 6.08 Å². The lowest BCUT2D eigenvalue weighted by molar-refractivity contribution is -0.134. The van der Waals surface area contributed by atoms with E-state index in [0.29, 0.717) is 39.1 Å². The molecule has 0 saturated carbocycles. The largest absolute Gasteiger partial charge is 0.377 e. The number of likely N-dealkylation sites (tertiary alicyclic amines) is 1. The Morgan fingerprint density at radius 2 is 1.96 bits per heavy atom. The van der Waals surface area contributed by atoms with E-state index in [4.69, 9.17) is 9.47 Å². The molecule has 140 valence electrons. The molecule has 2 fully saturated rings. The fraction of sp³-hybridized carbons (Fsp3) is 0.500. The number of hydrogen-bond acceptors (Lipinski definition) is 4. The van der Waals surface area contributed by atoms with Crippen LogP contribution in [-0.4, -0.2) is 62.3 Å². The Labute approximate surface area is 154 Å². The first-order chi connectivity index (χ1) is 12.6. The lowest BCUT2D eigenvalue weighted by Gasteiger charge is -2.41. The van der Waals surface area contributed by atoms with Gasteiger partial charge in [0.1, 0.15) is 6.10 Å². The molecule has 1 aromatic carbocycles. The first kappa shape index (κ1) is 18.6. The fourth-order valence-corrected chi connectivity index (χ4v) is 3.85. The van der Waals surface area contributed by atoms with Crippen molar-refractivity contribution in [2.45, 2.75) is 30.4 Å². The predicted octanol–water partition coefficient (Wildman–Crippen LogP) is 1.26. The van der Waals surface area contributed by atoms with Crippen LogP contribution in [-0.2, 0) is 24.5 Å². The Balaban J connectivity index is 1.82. The number of hydrogen-bond donors (Lipinski definition) is 1. The SMILES string of the molecule is C=CC(=O)N1CCC(C(=O)N[C@@H]2COC[C@H]2OC)(c2ccccc2)CC1. The summed E-state index contributed by atoms with van der Waals surface area (Å²) < 4.78 is 10.9. The Morgan fingerprint density at radius 3 is 2.58 bits per heavy atom. The lowest BCUT2D eigenvalue weighted by Crippen LogP contribution is -2.56. The summed E-state index contributed by atoms with van der Waals surface area (Å²) in [4.78, 5) is 27.0. The second kappa shape index (κ2) is 8.01. The van der Waals surface area contributed by atoms with Gasteiger partial charge in [0, 0.05) is 20.2 Å². The van der Waals surface area contributed by atoms with E-state index in [2.05, 4.69) is 11.9 Å². The molecule has 0 aromatic heterocycles. The van der Waals surface area contributed by atoms with Crippen molar-refractivity contribution in [2.24, 2.45) is 0 Å². The van der Waals surface area contributed by atoms with Gasteiger partial charge in [-0.2, -0.15) is 0 Å². The van der Waals surface area contributed by atoms with Gasteiger partial charge < -0.3 is 19.7 Å². The number of carbonyl (C=O) groups excluding carboxylic acids is 2. The second-order valence-corrected chi connectivity index (χ2v) is 6.87. The maximum Gasteiger partial charge on any atom is 0.245 e. The van der Waals surface area contributed by atoms with Crippen LogP contribution in [0.5, 0.6) is 0 Å². The van der Waals surface area contributed by atoms with Crippen molar-refractivity contribution in [1.29, 1.82) is 0 Å². The molecule has 2 aliphatic rings. The molecule has 0 spiro atoms. The van der Waals surface area contributed by atoms with Crippen LogP contribution in [0.15, 0.2) is 43.0 Å². The quantitative estimate of drug-likeness (QED) is 0.805. The smallest absolute Gasteiger partial charge is 0.245 e. The molecule has 1 aromatic rings. The number of nitrogens with zero attached hydrogens (tertiary/aromatic N) is 1. The van der Waals surface area contributed by atoms with E-state index in [1.807, 2.05) is 30.3 Å². The Hall–Kier alpha value is -2.18. The highest BCUT2D eigenvalue weighted by Crippen LogP contribution is 2.36. The number of carbonyl (C=O) groups is 2. The summed E-state index contributed by atoms with van der Waals surface area (Å²) in [5.74, 6) is -0.109. The zero-order valence-corrected chi connectivity index (χ0v) is 15.1. The molecule has 0 unspecified atom stereocenters. The molecule has 2 saturated heterocycles. The zero-order valence-electron chi connectivity index (χ0n) is 15.1. The van der Waals surface area contributed by atoms with E-state index in [1.54, 1.807) is 12.0 Å². The molecule has 26 heavy (non-hydrogen) atoms. The first-order valence-electron chi connectivity index (χ1n) is 8.99. The van der Waals surface area contributed by atoms with Crippen LogP contribution < -0.4 is 5.32 Å². The van der Waals surface area contributed by atoms with Crippen LogP contribution in [0.1, 0.15) is 18.4 Å². The van der Waals surface area contributed by atoms with Crippen LogP contribution in [0.25, 0.3) is 0 Å². The maximum atomic E-state index is 13.3. The van der Waals surface area contributed by atoms with Crippen LogP contribution in [0.4, 0.5) is 0 Å². The van der Waals surface area contributed by atoms with Gasteiger partial charge in [-0.25, -0.2) is 0 Å². The van der Waals surface area contributed by atoms with Crippen LogP contribution in [0, 0.1) is 0 Å². The van der Waals surface area contributed by atoms with Gasteiger partial charge in [0.05, 0.1) is 24.7 Å². The van der Waals surface area contributed by atoms with Gasteiger partial charge in [-0.05, 0) is 24.5 Å². The van der Waals surface area contributed by atoms with E-state index in [9.17, 15) is 9.59 Å². The number of piperidine rings is 1. The number of methoxy groups -OCH3 is 1. The average Bonchev–Trinajstić information content (AvgIpc) is 3.15. The van der Waals surface area contributed by atoms with Crippen LogP contribution in [0.3, 0.4) is 0 Å². The molecule has 2 amide bonds. The molecule has 2 aliphatic heterocycles. The summed E-state index contributed by atoms with van der Waals surface area (Å²) >= 11 is 0. The number of benzene rings is 1. The fourth-order valence-electron chi connectivity index (χ4n) is 3.85. The second-order valence-electron chi connectivity index (χ2n) is 6.87. The van der Waals surface area contributed by atoms with Gasteiger partial charge in [0.2, 0.25) is 11.8 Å². The van der Waals surface area contributed by atoms with Crippen LogP contribution in [0.2, 0.25) is 0 Å². The molecule has 1 N–H and O–H groups in total. The van der Waals surface area contributed by atoms with Crippen molar-refractivity contribution in [3.05, 3.63) is 48.6 Å². The highest BCUT2D eigenvalue weighted by atomic mass is 16.5. The Bertz CT molecular complexity index is 653. The summed E-state index contributed by atoms with van der Waals surface area (Å²) in [6.07, 6.45) is 2.35. The monoisotopic (exact) mass is 358 g/mol. The van der Waals surface area contributed by atoms with E-state index < -0.39 is 5.41 Å².